The highest BCUT2D eigenvalue weighted by molar-refractivity contribution is 9.08. The van der Waals surface area contributed by atoms with E-state index in [1.165, 1.54) is 7.11 Å². The van der Waals surface area contributed by atoms with Gasteiger partial charge in [0.1, 0.15) is 5.75 Å². The first kappa shape index (κ1) is 13.3. The van der Waals surface area contributed by atoms with E-state index < -0.39 is 12.1 Å². The van der Waals surface area contributed by atoms with Crippen molar-refractivity contribution in [2.24, 2.45) is 0 Å². The lowest BCUT2D eigenvalue weighted by atomic mass is 10.2. The van der Waals surface area contributed by atoms with E-state index in [1.54, 1.807) is 25.1 Å². The zero-order chi connectivity index (χ0) is 12.1. The molecule has 0 aliphatic carbocycles. The number of benzene rings is 1. The second kappa shape index (κ2) is 6.11. The molecule has 0 aromatic heterocycles. The third-order valence-electron chi connectivity index (χ3n) is 2.01. The van der Waals surface area contributed by atoms with Crippen LogP contribution in [0.1, 0.15) is 12.5 Å². The van der Waals surface area contributed by atoms with Crippen LogP contribution in [0.5, 0.6) is 5.75 Å². The molecule has 1 aromatic rings. The highest BCUT2D eigenvalue weighted by Crippen LogP contribution is 2.24. The standard InChI is InChI=1S/C11H12BrClO3/c1-7(11(14)15-2)16-9-3-4-10(13)8(5-9)6-12/h3-5,7H,6H2,1-2H3. The highest BCUT2D eigenvalue weighted by atomic mass is 79.9. The third kappa shape index (κ3) is 3.39. The zero-order valence-corrected chi connectivity index (χ0v) is 11.3. The van der Waals surface area contributed by atoms with Gasteiger partial charge in [-0.2, -0.15) is 0 Å². The first-order valence-corrected chi connectivity index (χ1v) is 6.17. The lowest BCUT2D eigenvalue weighted by Gasteiger charge is -2.13. The van der Waals surface area contributed by atoms with Crippen LogP contribution in [0.25, 0.3) is 0 Å². The zero-order valence-electron chi connectivity index (χ0n) is 9.00. The smallest absolute Gasteiger partial charge is 0.346 e. The summed E-state index contributed by atoms with van der Waals surface area (Å²) in [6.07, 6.45) is -0.630. The predicted molar refractivity (Wildman–Crippen MR) is 66.2 cm³/mol. The van der Waals surface area contributed by atoms with Crippen molar-refractivity contribution in [1.29, 1.82) is 0 Å². The van der Waals surface area contributed by atoms with E-state index in [2.05, 4.69) is 20.7 Å². The number of hydrogen-bond acceptors (Lipinski definition) is 3. The van der Waals surface area contributed by atoms with E-state index in [1.807, 2.05) is 0 Å². The molecule has 0 bridgehead atoms. The first-order valence-electron chi connectivity index (χ1n) is 4.67. The van der Waals surface area contributed by atoms with Crippen molar-refractivity contribution in [3.8, 4) is 5.75 Å². The molecule has 1 atom stereocenters. The average Bonchev–Trinajstić information content (AvgIpc) is 2.30. The van der Waals surface area contributed by atoms with Crippen LogP contribution in [-0.2, 0) is 14.9 Å². The maximum Gasteiger partial charge on any atom is 0.346 e. The van der Waals surface area contributed by atoms with Crippen LogP contribution in [0.4, 0.5) is 0 Å². The second-order valence-electron chi connectivity index (χ2n) is 3.17. The second-order valence-corrected chi connectivity index (χ2v) is 4.14. The van der Waals surface area contributed by atoms with Gasteiger partial charge in [0.05, 0.1) is 7.11 Å². The molecule has 0 aliphatic rings. The Morgan fingerprint density at radius 3 is 2.81 bits per heavy atom. The normalized spacial score (nSPS) is 12.0. The van der Waals surface area contributed by atoms with Crippen molar-refractivity contribution in [2.45, 2.75) is 18.4 Å². The molecule has 0 amide bonds. The molecular weight excluding hydrogens is 295 g/mol. The summed E-state index contributed by atoms with van der Waals surface area (Å²) in [6.45, 7) is 1.63. The summed E-state index contributed by atoms with van der Waals surface area (Å²) >= 11 is 9.27. The van der Waals surface area contributed by atoms with E-state index in [0.29, 0.717) is 16.1 Å². The van der Waals surface area contributed by atoms with Gasteiger partial charge < -0.3 is 9.47 Å². The van der Waals surface area contributed by atoms with Crippen LogP contribution in [0.15, 0.2) is 18.2 Å². The van der Waals surface area contributed by atoms with Gasteiger partial charge in [-0.1, -0.05) is 27.5 Å². The summed E-state index contributed by atoms with van der Waals surface area (Å²) in [5, 5.41) is 1.30. The lowest BCUT2D eigenvalue weighted by Crippen LogP contribution is -2.24. The van der Waals surface area contributed by atoms with Gasteiger partial charge in [0.25, 0.3) is 0 Å². The molecule has 0 N–H and O–H groups in total. The summed E-state index contributed by atoms with van der Waals surface area (Å²) in [4.78, 5) is 11.2. The Hall–Kier alpha value is -0.740. The number of methoxy groups -OCH3 is 1. The van der Waals surface area contributed by atoms with Gasteiger partial charge >= 0.3 is 5.97 Å². The minimum Gasteiger partial charge on any atom is -0.479 e. The average molecular weight is 308 g/mol. The summed E-state index contributed by atoms with van der Waals surface area (Å²) in [7, 11) is 1.33. The summed E-state index contributed by atoms with van der Waals surface area (Å²) in [6, 6.07) is 5.24. The van der Waals surface area contributed by atoms with E-state index in [-0.39, 0.29) is 0 Å². The summed E-state index contributed by atoms with van der Waals surface area (Å²) < 4.78 is 9.98. The fourth-order valence-corrected chi connectivity index (χ4v) is 1.95. The van der Waals surface area contributed by atoms with E-state index >= 15 is 0 Å². The maximum atomic E-state index is 11.2. The first-order chi connectivity index (χ1) is 7.58. The molecule has 0 saturated heterocycles. The van der Waals surface area contributed by atoms with Gasteiger partial charge in [0.15, 0.2) is 6.10 Å². The van der Waals surface area contributed by atoms with Crippen molar-refractivity contribution in [3.63, 3.8) is 0 Å². The van der Waals surface area contributed by atoms with Gasteiger partial charge in [-0.3, -0.25) is 0 Å². The molecular formula is C11H12BrClO3. The minimum atomic E-state index is -0.630. The Bertz CT molecular complexity index is 381. The molecule has 0 aliphatic heterocycles. The van der Waals surface area contributed by atoms with E-state index in [9.17, 15) is 4.79 Å². The number of hydrogen-bond donors (Lipinski definition) is 0. The van der Waals surface area contributed by atoms with Gasteiger partial charge in [0, 0.05) is 10.4 Å². The number of alkyl halides is 1. The molecule has 0 spiro atoms. The number of carbonyl (C=O) groups excluding carboxylic acids is 1. The number of halogens is 2. The SMILES string of the molecule is COC(=O)C(C)Oc1ccc(Cl)c(CBr)c1. The van der Waals surface area contributed by atoms with Crippen molar-refractivity contribution in [1.82, 2.24) is 0 Å². The quantitative estimate of drug-likeness (QED) is 0.633. The lowest BCUT2D eigenvalue weighted by molar-refractivity contribution is -0.147. The predicted octanol–water partition coefficient (Wildman–Crippen LogP) is 3.18. The van der Waals surface area contributed by atoms with Gasteiger partial charge in [0.2, 0.25) is 0 Å². The summed E-state index contributed by atoms with van der Waals surface area (Å²) in [5.41, 5.74) is 0.913. The molecule has 0 saturated carbocycles. The van der Waals surface area contributed by atoms with Crippen LogP contribution in [0.2, 0.25) is 5.02 Å². The topological polar surface area (TPSA) is 35.5 Å². The summed E-state index contributed by atoms with van der Waals surface area (Å²) in [5.74, 6) is 0.187. The Morgan fingerprint density at radius 2 is 2.25 bits per heavy atom. The van der Waals surface area contributed by atoms with E-state index in [0.717, 1.165) is 5.56 Å². The molecule has 0 radical (unpaired) electrons. The van der Waals surface area contributed by atoms with Crippen molar-refractivity contribution < 1.29 is 14.3 Å². The molecule has 1 rings (SSSR count). The molecule has 0 fully saturated rings. The molecule has 16 heavy (non-hydrogen) atoms. The Balaban J connectivity index is 2.78. The number of ether oxygens (including phenoxy) is 2. The van der Waals surface area contributed by atoms with Crippen LogP contribution in [0.3, 0.4) is 0 Å². The number of carbonyl (C=O) groups is 1. The van der Waals surface area contributed by atoms with Gasteiger partial charge in [-0.15, -0.1) is 0 Å². The molecule has 0 heterocycles. The van der Waals surface area contributed by atoms with Crippen LogP contribution in [0, 0.1) is 0 Å². The van der Waals surface area contributed by atoms with Crippen molar-refractivity contribution in [3.05, 3.63) is 28.8 Å². The van der Waals surface area contributed by atoms with Crippen LogP contribution in [-0.4, -0.2) is 19.2 Å². The minimum absolute atomic E-state index is 0.407. The fourth-order valence-electron chi connectivity index (χ4n) is 1.15. The van der Waals surface area contributed by atoms with Crippen LogP contribution < -0.4 is 4.74 Å². The van der Waals surface area contributed by atoms with Crippen LogP contribution >= 0.6 is 27.5 Å². The van der Waals surface area contributed by atoms with Crippen molar-refractivity contribution in [2.75, 3.05) is 7.11 Å². The number of esters is 1. The largest absolute Gasteiger partial charge is 0.479 e. The Morgan fingerprint density at radius 1 is 1.56 bits per heavy atom. The Kier molecular flexibility index (Phi) is 5.09. The highest BCUT2D eigenvalue weighted by Gasteiger charge is 2.15. The van der Waals surface area contributed by atoms with Gasteiger partial charge in [-0.05, 0) is 30.7 Å². The van der Waals surface area contributed by atoms with Gasteiger partial charge in [-0.25, -0.2) is 4.79 Å². The van der Waals surface area contributed by atoms with E-state index in [4.69, 9.17) is 16.3 Å². The molecule has 1 aromatic carbocycles. The maximum absolute atomic E-state index is 11.2. The molecule has 5 heteroatoms. The molecule has 88 valence electrons. The number of rotatable bonds is 4. The Labute approximate surface area is 108 Å². The monoisotopic (exact) mass is 306 g/mol. The molecule has 3 nitrogen and oxygen atoms in total. The fraction of sp³-hybridized carbons (Fsp3) is 0.364. The molecule has 1 unspecified atom stereocenters. The third-order valence-corrected chi connectivity index (χ3v) is 2.98. The van der Waals surface area contributed by atoms with Crippen molar-refractivity contribution >= 4 is 33.5 Å².